The highest BCUT2D eigenvalue weighted by Crippen LogP contribution is 2.16. The molecule has 88 valence electrons. The smallest absolute Gasteiger partial charge is 0.255 e. The second kappa shape index (κ2) is 5.63. The molecular formula is C12H11BrN2O2. The molecule has 0 aromatic carbocycles. The molecule has 17 heavy (non-hydrogen) atoms. The molecule has 4 nitrogen and oxygen atoms in total. The SMILES string of the molecule is O=C(NCCc1ccccn1)c1ccoc1Br. The summed E-state index contributed by atoms with van der Waals surface area (Å²) in [5.74, 6) is -0.151. The van der Waals surface area contributed by atoms with Crippen molar-refractivity contribution in [1.29, 1.82) is 0 Å². The van der Waals surface area contributed by atoms with E-state index < -0.39 is 0 Å². The number of halogens is 1. The fraction of sp³-hybridized carbons (Fsp3) is 0.167. The number of nitrogens with zero attached hydrogens (tertiary/aromatic N) is 1. The van der Waals surface area contributed by atoms with Gasteiger partial charge < -0.3 is 9.73 Å². The molecular weight excluding hydrogens is 284 g/mol. The van der Waals surface area contributed by atoms with Crippen molar-refractivity contribution in [3.8, 4) is 0 Å². The van der Waals surface area contributed by atoms with Gasteiger partial charge in [0.25, 0.3) is 5.91 Å². The van der Waals surface area contributed by atoms with Gasteiger partial charge in [0.15, 0.2) is 4.67 Å². The molecule has 0 atom stereocenters. The van der Waals surface area contributed by atoms with Gasteiger partial charge in [-0.15, -0.1) is 0 Å². The zero-order chi connectivity index (χ0) is 12.1. The largest absolute Gasteiger partial charge is 0.457 e. The normalized spacial score (nSPS) is 10.2. The zero-order valence-corrected chi connectivity index (χ0v) is 10.6. The predicted octanol–water partition coefficient (Wildman–Crippen LogP) is 2.41. The van der Waals surface area contributed by atoms with E-state index in [1.807, 2.05) is 18.2 Å². The van der Waals surface area contributed by atoms with E-state index in [1.165, 1.54) is 6.26 Å². The average molecular weight is 295 g/mol. The van der Waals surface area contributed by atoms with Crippen molar-refractivity contribution in [2.45, 2.75) is 6.42 Å². The van der Waals surface area contributed by atoms with Crippen LogP contribution in [-0.4, -0.2) is 17.4 Å². The number of rotatable bonds is 4. The third-order valence-corrected chi connectivity index (χ3v) is 2.87. The van der Waals surface area contributed by atoms with Gasteiger partial charge in [-0.1, -0.05) is 6.07 Å². The van der Waals surface area contributed by atoms with Gasteiger partial charge in [0.2, 0.25) is 0 Å². The molecule has 0 unspecified atom stereocenters. The highest BCUT2D eigenvalue weighted by Gasteiger charge is 2.11. The topological polar surface area (TPSA) is 55.1 Å². The number of nitrogens with one attached hydrogen (secondary N) is 1. The number of pyridine rings is 1. The summed E-state index contributed by atoms with van der Waals surface area (Å²) in [6.45, 7) is 0.549. The van der Waals surface area contributed by atoms with Gasteiger partial charge in [-0.2, -0.15) is 0 Å². The lowest BCUT2D eigenvalue weighted by molar-refractivity contribution is 0.0952. The van der Waals surface area contributed by atoms with Crippen molar-refractivity contribution < 1.29 is 9.21 Å². The molecule has 5 heteroatoms. The summed E-state index contributed by atoms with van der Waals surface area (Å²) in [5.41, 5.74) is 1.46. The van der Waals surface area contributed by atoms with E-state index in [1.54, 1.807) is 12.3 Å². The van der Waals surface area contributed by atoms with Crippen LogP contribution in [0.1, 0.15) is 16.1 Å². The second-order valence-electron chi connectivity index (χ2n) is 3.43. The average Bonchev–Trinajstić information content (AvgIpc) is 2.77. The number of carbonyl (C=O) groups excluding carboxylic acids is 1. The Morgan fingerprint density at radius 1 is 1.41 bits per heavy atom. The highest BCUT2D eigenvalue weighted by molar-refractivity contribution is 9.10. The van der Waals surface area contributed by atoms with Gasteiger partial charge >= 0.3 is 0 Å². The molecule has 2 rings (SSSR count). The molecule has 0 saturated carbocycles. The number of aromatic nitrogens is 1. The van der Waals surface area contributed by atoms with Crippen molar-refractivity contribution in [1.82, 2.24) is 10.3 Å². The van der Waals surface area contributed by atoms with Crippen LogP contribution in [0.25, 0.3) is 0 Å². The number of carbonyl (C=O) groups is 1. The monoisotopic (exact) mass is 294 g/mol. The molecule has 0 bridgehead atoms. The summed E-state index contributed by atoms with van der Waals surface area (Å²) < 4.78 is 5.45. The maximum atomic E-state index is 11.7. The highest BCUT2D eigenvalue weighted by atomic mass is 79.9. The summed E-state index contributed by atoms with van der Waals surface area (Å²) in [6.07, 6.45) is 3.92. The fourth-order valence-corrected chi connectivity index (χ4v) is 1.82. The third-order valence-electron chi connectivity index (χ3n) is 2.26. The Morgan fingerprint density at radius 2 is 2.29 bits per heavy atom. The molecule has 1 amide bonds. The van der Waals surface area contributed by atoms with Crippen LogP contribution in [0.2, 0.25) is 0 Å². The fourth-order valence-electron chi connectivity index (χ4n) is 1.40. The standard InChI is InChI=1S/C12H11BrN2O2/c13-11-10(5-8-17-11)12(16)15-7-4-9-3-1-2-6-14-9/h1-3,5-6,8H,4,7H2,(H,15,16). The van der Waals surface area contributed by atoms with Gasteiger partial charge in [-0.3, -0.25) is 9.78 Å². The summed E-state index contributed by atoms with van der Waals surface area (Å²) >= 11 is 3.16. The Hall–Kier alpha value is -1.62. The minimum absolute atomic E-state index is 0.151. The Kier molecular flexibility index (Phi) is 3.93. The van der Waals surface area contributed by atoms with Crippen LogP contribution in [0.3, 0.4) is 0 Å². The van der Waals surface area contributed by atoms with E-state index in [2.05, 4.69) is 26.2 Å². The van der Waals surface area contributed by atoms with Crippen molar-refractivity contribution in [3.05, 3.63) is 52.7 Å². The number of amides is 1. The van der Waals surface area contributed by atoms with Gasteiger partial charge in [0.05, 0.1) is 11.8 Å². The molecule has 0 aliphatic rings. The molecule has 2 aromatic rings. The molecule has 0 aliphatic heterocycles. The Bertz CT molecular complexity index is 496. The quantitative estimate of drug-likeness (QED) is 0.942. The summed E-state index contributed by atoms with van der Waals surface area (Å²) in [5, 5.41) is 2.81. The molecule has 2 heterocycles. The minimum atomic E-state index is -0.151. The van der Waals surface area contributed by atoms with Crippen molar-refractivity contribution in [2.24, 2.45) is 0 Å². The van der Waals surface area contributed by atoms with Crippen LogP contribution in [0.5, 0.6) is 0 Å². The molecule has 2 aromatic heterocycles. The second-order valence-corrected chi connectivity index (χ2v) is 4.16. The number of hydrogen-bond acceptors (Lipinski definition) is 3. The first kappa shape index (κ1) is 11.9. The summed E-state index contributed by atoms with van der Waals surface area (Å²) in [4.78, 5) is 15.9. The van der Waals surface area contributed by atoms with Gasteiger partial charge in [-0.05, 0) is 34.1 Å². The minimum Gasteiger partial charge on any atom is -0.457 e. The molecule has 0 radical (unpaired) electrons. The van der Waals surface area contributed by atoms with Crippen LogP contribution in [0, 0.1) is 0 Å². The molecule has 0 fully saturated rings. The number of hydrogen-bond donors (Lipinski definition) is 1. The van der Waals surface area contributed by atoms with Crippen molar-refractivity contribution in [3.63, 3.8) is 0 Å². The third kappa shape index (κ3) is 3.17. The van der Waals surface area contributed by atoms with Crippen LogP contribution < -0.4 is 5.32 Å². The van der Waals surface area contributed by atoms with Gasteiger partial charge in [0.1, 0.15) is 0 Å². The van der Waals surface area contributed by atoms with E-state index in [-0.39, 0.29) is 5.91 Å². The van der Waals surface area contributed by atoms with Crippen LogP contribution in [0.15, 0.2) is 45.8 Å². The maximum Gasteiger partial charge on any atom is 0.255 e. The van der Waals surface area contributed by atoms with Gasteiger partial charge in [-0.25, -0.2) is 0 Å². The first-order valence-corrected chi connectivity index (χ1v) is 5.98. The lowest BCUT2D eigenvalue weighted by Gasteiger charge is -2.03. The van der Waals surface area contributed by atoms with Crippen molar-refractivity contribution in [2.75, 3.05) is 6.54 Å². The maximum absolute atomic E-state index is 11.7. The van der Waals surface area contributed by atoms with E-state index in [4.69, 9.17) is 4.42 Å². The Morgan fingerprint density at radius 3 is 2.94 bits per heavy atom. The summed E-state index contributed by atoms with van der Waals surface area (Å²) in [6, 6.07) is 7.35. The molecule has 0 spiro atoms. The first-order valence-electron chi connectivity index (χ1n) is 5.18. The first-order chi connectivity index (χ1) is 8.27. The van der Waals surface area contributed by atoms with Crippen LogP contribution in [-0.2, 0) is 6.42 Å². The number of furan rings is 1. The molecule has 0 aliphatic carbocycles. The Labute approximate surface area is 107 Å². The lowest BCUT2D eigenvalue weighted by atomic mass is 10.2. The van der Waals surface area contributed by atoms with Crippen molar-refractivity contribution >= 4 is 21.8 Å². The van der Waals surface area contributed by atoms with Crippen LogP contribution >= 0.6 is 15.9 Å². The van der Waals surface area contributed by atoms with Gasteiger partial charge in [0, 0.05) is 24.9 Å². The lowest BCUT2D eigenvalue weighted by Crippen LogP contribution is -2.25. The Balaban J connectivity index is 1.84. The van der Waals surface area contributed by atoms with E-state index in [0.717, 1.165) is 5.69 Å². The molecule has 0 saturated heterocycles. The predicted molar refractivity (Wildman–Crippen MR) is 66.7 cm³/mol. The van der Waals surface area contributed by atoms with Crippen LogP contribution in [0.4, 0.5) is 0 Å². The molecule has 1 N–H and O–H groups in total. The summed E-state index contributed by atoms with van der Waals surface area (Å²) in [7, 11) is 0. The van der Waals surface area contributed by atoms with E-state index in [0.29, 0.717) is 23.2 Å². The van der Waals surface area contributed by atoms with E-state index in [9.17, 15) is 4.79 Å². The zero-order valence-electron chi connectivity index (χ0n) is 9.02. The van der Waals surface area contributed by atoms with E-state index >= 15 is 0 Å².